The Morgan fingerprint density at radius 2 is 1.88 bits per heavy atom. The van der Waals surface area contributed by atoms with Gasteiger partial charge >= 0.3 is 0 Å². The first-order valence-electron chi connectivity index (χ1n) is 6.50. The van der Waals surface area contributed by atoms with E-state index in [4.69, 9.17) is 4.74 Å². The summed E-state index contributed by atoms with van der Waals surface area (Å²) in [4.78, 5) is 10.8. The Hall–Kier alpha value is -1.31. The largest absolute Gasteiger partial charge is 0.494 e. The van der Waals surface area contributed by atoms with E-state index in [0.717, 1.165) is 44.1 Å². The third kappa shape index (κ3) is 6.10. The molecule has 1 aromatic carbocycles. The minimum atomic E-state index is 0.217. The zero-order chi connectivity index (χ0) is 12.3. The van der Waals surface area contributed by atoms with E-state index in [1.54, 1.807) is 0 Å². The summed E-state index contributed by atoms with van der Waals surface area (Å²) in [6.07, 6.45) is 6.30. The van der Waals surface area contributed by atoms with Gasteiger partial charge < -0.3 is 9.53 Å². The molecule has 2 heteroatoms. The first-order chi connectivity index (χ1) is 8.36. The molecule has 1 unspecified atom stereocenters. The third-order valence-corrected chi connectivity index (χ3v) is 2.85. The summed E-state index contributed by atoms with van der Waals surface area (Å²) in [5, 5.41) is 0. The molecule has 17 heavy (non-hydrogen) atoms. The van der Waals surface area contributed by atoms with Gasteiger partial charge in [-0.3, -0.25) is 0 Å². The molecule has 0 fully saturated rings. The second-order valence-corrected chi connectivity index (χ2v) is 4.34. The second-order valence-electron chi connectivity index (χ2n) is 4.34. The van der Waals surface area contributed by atoms with Gasteiger partial charge in [0.2, 0.25) is 0 Å². The van der Waals surface area contributed by atoms with Gasteiger partial charge in [0, 0.05) is 5.92 Å². The molecule has 1 rings (SSSR count). The van der Waals surface area contributed by atoms with E-state index in [-0.39, 0.29) is 5.92 Å². The summed E-state index contributed by atoms with van der Waals surface area (Å²) in [6.45, 7) is 2.85. The Morgan fingerprint density at radius 3 is 2.53 bits per heavy atom. The van der Waals surface area contributed by atoms with Crippen LogP contribution < -0.4 is 4.74 Å². The Labute approximate surface area is 104 Å². The monoisotopic (exact) mass is 234 g/mol. The van der Waals surface area contributed by atoms with Crippen LogP contribution in [-0.4, -0.2) is 12.9 Å². The van der Waals surface area contributed by atoms with E-state index in [9.17, 15) is 4.79 Å². The summed E-state index contributed by atoms with van der Waals surface area (Å²) < 4.78 is 5.59. The van der Waals surface area contributed by atoms with Gasteiger partial charge in [0.05, 0.1) is 6.61 Å². The Bertz CT molecular complexity index is 295. The lowest BCUT2D eigenvalue weighted by atomic mass is 9.99. The van der Waals surface area contributed by atoms with Crippen molar-refractivity contribution < 1.29 is 9.53 Å². The summed E-state index contributed by atoms with van der Waals surface area (Å²) in [6, 6.07) is 9.80. The minimum Gasteiger partial charge on any atom is -0.494 e. The maximum absolute atomic E-state index is 10.8. The first-order valence-corrected chi connectivity index (χ1v) is 6.50. The minimum absolute atomic E-state index is 0.217. The zero-order valence-corrected chi connectivity index (χ0v) is 10.6. The van der Waals surface area contributed by atoms with Crippen LogP contribution in [0.2, 0.25) is 0 Å². The van der Waals surface area contributed by atoms with E-state index >= 15 is 0 Å². The number of hydrogen-bond acceptors (Lipinski definition) is 2. The van der Waals surface area contributed by atoms with Crippen LogP contribution in [0.4, 0.5) is 0 Å². The Balaban J connectivity index is 2.12. The van der Waals surface area contributed by atoms with Gasteiger partial charge in [-0.2, -0.15) is 0 Å². The number of hydrogen-bond donors (Lipinski definition) is 0. The van der Waals surface area contributed by atoms with Crippen molar-refractivity contribution in [2.75, 3.05) is 6.61 Å². The molecular weight excluding hydrogens is 212 g/mol. The number of unbranched alkanes of at least 4 members (excludes halogenated alkanes) is 1. The molecule has 2 nitrogen and oxygen atoms in total. The van der Waals surface area contributed by atoms with Crippen LogP contribution in [0.3, 0.4) is 0 Å². The van der Waals surface area contributed by atoms with Crippen LogP contribution in [0.5, 0.6) is 5.75 Å². The highest BCUT2D eigenvalue weighted by Gasteiger charge is 2.06. The van der Waals surface area contributed by atoms with Gasteiger partial charge in [-0.1, -0.05) is 38.0 Å². The molecule has 0 aromatic heterocycles. The number of para-hydroxylation sites is 1. The highest BCUT2D eigenvalue weighted by Crippen LogP contribution is 2.14. The van der Waals surface area contributed by atoms with Gasteiger partial charge in [-0.15, -0.1) is 0 Å². The molecule has 0 bridgehead atoms. The van der Waals surface area contributed by atoms with Crippen molar-refractivity contribution in [1.82, 2.24) is 0 Å². The first kappa shape index (κ1) is 13.8. The molecule has 1 atom stereocenters. The molecule has 0 amide bonds. The second kappa shape index (κ2) is 8.80. The van der Waals surface area contributed by atoms with Gasteiger partial charge in [-0.05, 0) is 31.4 Å². The SMILES string of the molecule is CCCCC(C=O)CCCOc1ccccc1. The fourth-order valence-electron chi connectivity index (χ4n) is 1.80. The number of carbonyl (C=O) groups is 1. The highest BCUT2D eigenvalue weighted by atomic mass is 16.5. The van der Waals surface area contributed by atoms with E-state index in [0.29, 0.717) is 6.61 Å². The molecule has 0 heterocycles. The van der Waals surface area contributed by atoms with E-state index in [1.807, 2.05) is 30.3 Å². The van der Waals surface area contributed by atoms with Crippen molar-refractivity contribution in [3.05, 3.63) is 30.3 Å². The molecule has 0 aliphatic carbocycles. The number of benzene rings is 1. The van der Waals surface area contributed by atoms with Crippen molar-refractivity contribution in [2.24, 2.45) is 5.92 Å². The van der Waals surface area contributed by atoms with E-state index < -0.39 is 0 Å². The van der Waals surface area contributed by atoms with Crippen molar-refractivity contribution >= 4 is 6.29 Å². The smallest absolute Gasteiger partial charge is 0.123 e. The highest BCUT2D eigenvalue weighted by molar-refractivity contribution is 5.53. The molecule has 0 spiro atoms. The topological polar surface area (TPSA) is 26.3 Å². The third-order valence-electron chi connectivity index (χ3n) is 2.85. The molecule has 94 valence electrons. The molecule has 0 saturated heterocycles. The summed E-state index contributed by atoms with van der Waals surface area (Å²) in [7, 11) is 0. The van der Waals surface area contributed by atoms with E-state index in [2.05, 4.69) is 6.92 Å². The van der Waals surface area contributed by atoms with Crippen LogP contribution in [0.25, 0.3) is 0 Å². The number of carbonyl (C=O) groups excluding carboxylic acids is 1. The summed E-state index contributed by atoms with van der Waals surface area (Å²) in [5.74, 6) is 1.12. The Kier molecular flexibility index (Phi) is 7.12. The fraction of sp³-hybridized carbons (Fsp3) is 0.533. The Morgan fingerprint density at radius 1 is 1.18 bits per heavy atom. The van der Waals surface area contributed by atoms with Crippen LogP contribution in [-0.2, 0) is 4.79 Å². The van der Waals surface area contributed by atoms with Crippen molar-refractivity contribution in [3.63, 3.8) is 0 Å². The van der Waals surface area contributed by atoms with Crippen molar-refractivity contribution in [1.29, 1.82) is 0 Å². The molecule has 1 aromatic rings. The maximum atomic E-state index is 10.8. The maximum Gasteiger partial charge on any atom is 0.123 e. The van der Waals surface area contributed by atoms with E-state index in [1.165, 1.54) is 0 Å². The number of rotatable bonds is 9. The number of ether oxygens (including phenoxy) is 1. The van der Waals surface area contributed by atoms with Crippen molar-refractivity contribution in [3.8, 4) is 5.75 Å². The molecule has 0 N–H and O–H groups in total. The predicted molar refractivity (Wildman–Crippen MR) is 70.3 cm³/mol. The zero-order valence-electron chi connectivity index (χ0n) is 10.6. The van der Waals surface area contributed by atoms with Gasteiger partial charge in [0.15, 0.2) is 0 Å². The van der Waals surface area contributed by atoms with Crippen molar-refractivity contribution in [2.45, 2.75) is 39.0 Å². The average molecular weight is 234 g/mol. The quantitative estimate of drug-likeness (QED) is 0.479. The molecular formula is C15H22O2. The van der Waals surface area contributed by atoms with Gasteiger partial charge in [-0.25, -0.2) is 0 Å². The van der Waals surface area contributed by atoms with Gasteiger partial charge in [0.25, 0.3) is 0 Å². The molecule has 0 aliphatic rings. The molecule has 0 aliphatic heterocycles. The van der Waals surface area contributed by atoms with Crippen LogP contribution in [0.1, 0.15) is 39.0 Å². The standard InChI is InChI=1S/C15H22O2/c1-2-3-8-14(13-16)9-7-12-17-15-10-5-4-6-11-15/h4-6,10-11,13-14H,2-3,7-9,12H2,1H3. The lowest BCUT2D eigenvalue weighted by Gasteiger charge is -2.10. The average Bonchev–Trinajstić information content (AvgIpc) is 2.39. The lowest BCUT2D eigenvalue weighted by Crippen LogP contribution is -2.05. The molecule has 0 saturated carbocycles. The van der Waals surface area contributed by atoms with Crippen LogP contribution >= 0.6 is 0 Å². The summed E-state index contributed by atoms with van der Waals surface area (Å²) in [5.41, 5.74) is 0. The van der Waals surface area contributed by atoms with Crippen LogP contribution in [0.15, 0.2) is 30.3 Å². The van der Waals surface area contributed by atoms with Gasteiger partial charge in [0.1, 0.15) is 12.0 Å². The normalized spacial score (nSPS) is 12.1. The fourth-order valence-corrected chi connectivity index (χ4v) is 1.80. The lowest BCUT2D eigenvalue weighted by molar-refractivity contribution is -0.111. The van der Waals surface area contributed by atoms with Crippen LogP contribution in [0, 0.1) is 5.92 Å². The number of aldehydes is 1. The predicted octanol–water partition coefficient (Wildman–Crippen LogP) is 3.85. The summed E-state index contributed by atoms with van der Waals surface area (Å²) >= 11 is 0. The molecule has 0 radical (unpaired) electrons.